The molecule has 1 aromatic heterocycles. The van der Waals surface area contributed by atoms with Crippen LogP contribution in [0.15, 0.2) is 48.8 Å². The molecular weight excluding hydrogens is 768 g/mol. The number of unbranched alkanes of at least 4 members (excludes halogenated alkanes) is 2. The van der Waals surface area contributed by atoms with Crippen LogP contribution in [0.4, 0.5) is 21.6 Å². The second-order valence-electron chi connectivity index (χ2n) is 13.7. The summed E-state index contributed by atoms with van der Waals surface area (Å²) in [6.45, 7) is 1.59. The highest BCUT2D eigenvalue weighted by molar-refractivity contribution is 6.42. The van der Waals surface area contributed by atoms with E-state index in [4.69, 9.17) is 32.7 Å². The van der Waals surface area contributed by atoms with Gasteiger partial charge in [0.05, 0.1) is 39.5 Å². The molecule has 292 valence electrons. The van der Waals surface area contributed by atoms with Crippen LogP contribution in [0.5, 0.6) is 11.5 Å². The number of aromatic nitrogens is 2. The molecule has 17 heteroatoms. The molecule has 0 spiro atoms. The molecule has 4 aromatic rings. The van der Waals surface area contributed by atoms with E-state index in [9.17, 15) is 28.4 Å². The second kappa shape index (κ2) is 16.7. The van der Waals surface area contributed by atoms with Gasteiger partial charge in [-0.25, -0.2) is 14.4 Å². The Hall–Kier alpha value is -5.54. The predicted molar refractivity (Wildman–Crippen MR) is 206 cm³/mol. The van der Waals surface area contributed by atoms with Crippen LogP contribution in [0, 0.1) is 5.82 Å². The first-order valence-corrected chi connectivity index (χ1v) is 19.1. The van der Waals surface area contributed by atoms with E-state index in [-0.39, 0.29) is 51.7 Å². The molecule has 3 aliphatic heterocycles. The number of hydrogen-bond donors (Lipinski definition) is 3. The number of ether oxygens (including phenoxy) is 2. The maximum Gasteiger partial charge on any atom is 0.264 e. The maximum absolute atomic E-state index is 14.8. The summed E-state index contributed by atoms with van der Waals surface area (Å²) in [7, 11) is 1.53. The lowest BCUT2D eigenvalue weighted by Gasteiger charge is -2.32. The summed E-state index contributed by atoms with van der Waals surface area (Å²) in [4.78, 5) is 74.9. The third kappa shape index (κ3) is 7.91. The summed E-state index contributed by atoms with van der Waals surface area (Å²) in [5.74, 6) is -1.55. The topological polar surface area (TPSA) is 172 Å². The zero-order valence-electron chi connectivity index (χ0n) is 30.3. The molecule has 3 aliphatic rings. The summed E-state index contributed by atoms with van der Waals surface area (Å²) in [5.41, 5.74) is 1.59. The Morgan fingerprint density at radius 3 is 2.54 bits per heavy atom. The molecule has 0 aliphatic carbocycles. The third-order valence-corrected chi connectivity index (χ3v) is 10.9. The maximum atomic E-state index is 14.8. The average Bonchev–Trinajstić information content (AvgIpc) is 3.45. The van der Waals surface area contributed by atoms with Crippen LogP contribution < -0.4 is 25.4 Å². The Morgan fingerprint density at radius 2 is 1.77 bits per heavy atom. The van der Waals surface area contributed by atoms with Gasteiger partial charge in [0, 0.05) is 62.5 Å². The van der Waals surface area contributed by atoms with Crippen molar-refractivity contribution in [3.63, 3.8) is 0 Å². The SMILES string of the molecule is COc1cc2ncnc(Nc3ccc(Cl)c(Cl)c3F)c2cc1OC1CCN(C(=O)CCCCCNc2cccc3c2C(=O)N(C2CCC(=O)NC2=O)C3=O)CC1. The fourth-order valence-corrected chi connectivity index (χ4v) is 7.50. The van der Waals surface area contributed by atoms with Crippen LogP contribution in [0.2, 0.25) is 10.0 Å². The molecule has 0 saturated carbocycles. The standard InChI is InChI=1S/C39H38Cl2FN7O7/c1-55-29-19-27-23(36(45-20-44-27)46-26-10-9-24(40)34(41)35(26)42)18-30(29)56-21-13-16-48(17-14-21)32(51)8-3-2-4-15-43-25-7-5-6-22-33(25)39(54)49(38(22)53)28-11-12-31(50)47-37(28)52/h5-7,9-10,18-21,28,43H,2-4,8,11-17H2,1H3,(H,44,45,46)(H,47,50,52). The minimum Gasteiger partial charge on any atom is -0.493 e. The summed E-state index contributed by atoms with van der Waals surface area (Å²) >= 11 is 12.0. The fraction of sp³-hybridized carbons (Fsp3) is 0.359. The number of rotatable bonds is 13. The average molecular weight is 807 g/mol. The highest BCUT2D eigenvalue weighted by atomic mass is 35.5. The van der Waals surface area contributed by atoms with Crippen LogP contribution in [0.1, 0.15) is 72.1 Å². The number of likely N-dealkylation sites (tertiary alicyclic amines) is 1. The molecule has 56 heavy (non-hydrogen) atoms. The number of hydrogen-bond acceptors (Lipinski definition) is 11. The van der Waals surface area contributed by atoms with Crippen LogP contribution in [-0.4, -0.2) is 88.2 Å². The van der Waals surface area contributed by atoms with Gasteiger partial charge in [-0.3, -0.25) is 34.2 Å². The number of fused-ring (bicyclic) bond motifs is 2. The van der Waals surface area contributed by atoms with Gasteiger partial charge in [-0.15, -0.1) is 0 Å². The van der Waals surface area contributed by atoms with Crippen molar-refractivity contribution in [3.8, 4) is 11.5 Å². The van der Waals surface area contributed by atoms with Gasteiger partial charge in [-0.1, -0.05) is 35.7 Å². The molecular formula is C39H38Cl2FN7O7. The molecule has 1 unspecified atom stereocenters. The Morgan fingerprint density at radius 1 is 0.964 bits per heavy atom. The number of nitrogens with one attached hydrogen (secondary N) is 3. The van der Waals surface area contributed by atoms with Crippen LogP contribution >= 0.6 is 23.2 Å². The zero-order valence-corrected chi connectivity index (χ0v) is 31.8. The lowest BCUT2D eigenvalue weighted by atomic mass is 10.0. The minimum absolute atomic E-state index is 0.0529. The summed E-state index contributed by atoms with van der Waals surface area (Å²) in [5, 5.41) is 8.89. The molecule has 0 radical (unpaired) electrons. The molecule has 7 rings (SSSR count). The van der Waals surface area contributed by atoms with Crippen molar-refractivity contribution in [3.05, 3.63) is 75.8 Å². The largest absolute Gasteiger partial charge is 0.493 e. The van der Waals surface area contributed by atoms with Gasteiger partial charge >= 0.3 is 0 Å². The fourth-order valence-electron chi connectivity index (χ4n) is 7.19. The van der Waals surface area contributed by atoms with E-state index in [2.05, 4.69) is 25.9 Å². The van der Waals surface area contributed by atoms with E-state index in [1.54, 1.807) is 30.3 Å². The smallest absolute Gasteiger partial charge is 0.264 e. The number of methoxy groups -OCH3 is 1. The van der Waals surface area contributed by atoms with E-state index < -0.39 is 35.5 Å². The van der Waals surface area contributed by atoms with Gasteiger partial charge in [-0.05, 0) is 49.6 Å². The number of imide groups is 2. The molecule has 1 atom stereocenters. The molecule has 2 saturated heterocycles. The zero-order chi connectivity index (χ0) is 39.5. The minimum atomic E-state index is -1.03. The first kappa shape index (κ1) is 38.7. The van der Waals surface area contributed by atoms with Crippen molar-refractivity contribution >= 4 is 80.8 Å². The number of halogens is 3. The molecule has 0 bridgehead atoms. The monoisotopic (exact) mass is 805 g/mol. The van der Waals surface area contributed by atoms with Gasteiger partial charge in [-0.2, -0.15) is 0 Å². The van der Waals surface area contributed by atoms with Gasteiger partial charge in [0.1, 0.15) is 24.3 Å². The number of carbonyl (C=O) groups excluding carboxylic acids is 5. The Balaban J connectivity index is 0.874. The lowest BCUT2D eigenvalue weighted by Crippen LogP contribution is -2.54. The van der Waals surface area contributed by atoms with Crippen molar-refractivity contribution in [1.29, 1.82) is 0 Å². The molecule has 4 heterocycles. The number of anilines is 3. The number of amides is 5. The number of carbonyl (C=O) groups is 5. The van der Waals surface area contributed by atoms with Gasteiger partial charge in [0.25, 0.3) is 11.8 Å². The van der Waals surface area contributed by atoms with Gasteiger partial charge in [0.15, 0.2) is 17.3 Å². The second-order valence-corrected chi connectivity index (χ2v) is 14.5. The number of benzene rings is 3. The molecule has 3 aromatic carbocycles. The predicted octanol–water partition coefficient (Wildman–Crippen LogP) is 6.27. The number of nitrogens with zero attached hydrogens (tertiary/aromatic N) is 4. The quantitative estimate of drug-likeness (QED) is 0.0790. The summed E-state index contributed by atoms with van der Waals surface area (Å²) in [6, 6.07) is 10.4. The Labute approximate surface area is 331 Å². The molecule has 2 fully saturated rings. The third-order valence-electron chi connectivity index (χ3n) is 10.1. The Kier molecular flexibility index (Phi) is 11.5. The first-order valence-electron chi connectivity index (χ1n) is 18.3. The summed E-state index contributed by atoms with van der Waals surface area (Å²) in [6.07, 6.45) is 5.13. The highest BCUT2D eigenvalue weighted by Crippen LogP contribution is 2.38. The van der Waals surface area contributed by atoms with Crippen LogP contribution in [0.3, 0.4) is 0 Å². The van der Waals surface area contributed by atoms with Gasteiger partial charge < -0.3 is 25.0 Å². The van der Waals surface area contributed by atoms with Crippen molar-refractivity contribution in [2.75, 3.05) is 37.4 Å². The van der Waals surface area contributed by atoms with E-state index in [0.29, 0.717) is 79.2 Å². The van der Waals surface area contributed by atoms with Crippen LogP contribution in [-0.2, 0) is 14.4 Å². The van der Waals surface area contributed by atoms with Crippen molar-refractivity contribution in [1.82, 2.24) is 25.1 Å². The summed E-state index contributed by atoms with van der Waals surface area (Å²) < 4.78 is 26.8. The molecule has 14 nitrogen and oxygen atoms in total. The van der Waals surface area contributed by atoms with Crippen molar-refractivity contribution in [2.45, 2.75) is 63.5 Å². The van der Waals surface area contributed by atoms with E-state index in [0.717, 1.165) is 17.7 Å². The van der Waals surface area contributed by atoms with E-state index in [1.807, 2.05) is 4.90 Å². The first-order chi connectivity index (χ1) is 27.0. The highest BCUT2D eigenvalue weighted by Gasteiger charge is 2.45. The Bertz CT molecular complexity index is 2230. The van der Waals surface area contributed by atoms with Crippen molar-refractivity contribution in [2.24, 2.45) is 0 Å². The van der Waals surface area contributed by atoms with Gasteiger partial charge in [0.2, 0.25) is 17.7 Å². The number of piperidine rings is 2. The molecule has 5 amide bonds. The van der Waals surface area contributed by atoms with Crippen molar-refractivity contribution < 1.29 is 37.8 Å². The van der Waals surface area contributed by atoms with E-state index in [1.165, 1.54) is 25.6 Å². The normalized spacial score (nSPS) is 17.2. The lowest BCUT2D eigenvalue weighted by molar-refractivity contribution is -0.136. The molecule has 3 N–H and O–H groups in total. The van der Waals surface area contributed by atoms with E-state index >= 15 is 0 Å². The van der Waals surface area contributed by atoms with Crippen LogP contribution in [0.25, 0.3) is 10.9 Å².